The van der Waals surface area contributed by atoms with Gasteiger partial charge in [0, 0.05) is 43.0 Å². The van der Waals surface area contributed by atoms with E-state index in [0.717, 1.165) is 46.8 Å². The van der Waals surface area contributed by atoms with Crippen LogP contribution in [0.25, 0.3) is 5.57 Å². The number of halogens is 1. The lowest BCUT2D eigenvalue weighted by molar-refractivity contribution is 0.0218. The van der Waals surface area contributed by atoms with Gasteiger partial charge in [-0.3, -0.25) is 4.98 Å². The Balaban J connectivity index is 1.66. The number of aromatic nitrogens is 3. The molecule has 1 atom stereocenters. The third-order valence-corrected chi connectivity index (χ3v) is 7.06. The number of carbonyl (C=O) groups is 1. The Labute approximate surface area is 242 Å². The number of piperazine rings is 1. The number of benzene rings is 1. The summed E-state index contributed by atoms with van der Waals surface area (Å²) in [4.78, 5) is 30.4. The molecule has 1 aliphatic rings. The Bertz CT molecular complexity index is 1390. The Kier molecular flexibility index (Phi) is 9.57. The minimum atomic E-state index is -0.562. The van der Waals surface area contributed by atoms with Crippen molar-refractivity contribution < 1.29 is 18.7 Å². The van der Waals surface area contributed by atoms with Crippen molar-refractivity contribution in [3.05, 3.63) is 83.3 Å². The van der Waals surface area contributed by atoms with Crippen LogP contribution in [0.1, 0.15) is 63.4 Å². The largest absolute Gasteiger partial charge is 0.495 e. The Morgan fingerprint density at radius 3 is 2.61 bits per heavy atom. The van der Waals surface area contributed by atoms with Crippen molar-refractivity contribution >= 4 is 17.5 Å². The minimum Gasteiger partial charge on any atom is -0.495 e. The first-order chi connectivity index (χ1) is 19.6. The molecule has 1 fully saturated rings. The van der Waals surface area contributed by atoms with E-state index in [-0.39, 0.29) is 18.0 Å². The smallest absolute Gasteiger partial charge is 0.410 e. The molecule has 1 aromatic carbocycles. The number of nitrogens with zero attached hydrogens (tertiary/aromatic N) is 5. The predicted octanol–water partition coefficient (Wildman–Crippen LogP) is 6.09. The molecule has 0 aliphatic carbocycles. The Morgan fingerprint density at radius 1 is 1.15 bits per heavy atom. The van der Waals surface area contributed by atoms with Crippen LogP contribution in [0.5, 0.6) is 5.75 Å². The van der Waals surface area contributed by atoms with Crippen LogP contribution in [0.4, 0.5) is 15.0 Å². The molecular weight excluding hydrogens is 521 g/mol. The number of methoxy groups -OCH3 is 1. The summed E-state index contributed by atoms with van der Waals surface area (Å²) in [7, 11) is 1.63. The van der Waals surface area contributed by atoms with Crippen LogP contribution in [0.15, 0.2) is 55.1 Å². The summed E-state index contributed by atoms with van der Waals surface area (Å²) in [5.74, 6) is 1.17. The second-order valence-electron chi connectivity index (χ2n) is 11.3. The van der Waals surface area contributed by atoms with Crippen molar-refractivity contribution in [1.82, 2.24) is 19.9 Å². The second-order valence-corrected chi connectivity index (χ2v) is 11.3. The summed E-state index contributed by atoms with van der Waals surface area (Å²) in [6.07, 6.45) is 9.00. The number of amides is 1. The van der Waals surface area contributed by atoms with Gasteiger partial charge in [0.05, 0.1) is 19.0 Å². The maximum Gasteiger partial charge on any atom is 0.410 e. The minimum absolute atomic E-state index is 0.0423. The van der Waals surface area contributed by atoms with Crippen molar-refractivity contribution in [1.29, 1.82) is 0 Å². The SMILES string of the molecule is C/C=C(/c1ccccc1F)c1c(CCCc2cncc(OC)c2)ncnc1N1CCN(C(=O)OC(C)(C)C)C[C@@H]1C. The topological polar surface area (TPSA) is 80.7 Å². The lowest BCUT2D eigenvalue weighted by Crippen LogP contribution is -2.55. The molecule has 218 valence electrons. The second kappa shape index (κ2) is 13.1. The summed E-state index contributed by atoms with van der Waals surface area (Å²) < 4.78 is 26.1. The molecular formula is C32H40FN5O3. The van der Waals surface area contributed by atoms with Gasteiger partial charge in [-0.15, -0.1) is 0 Å². The van der Waals surface area contributed by atoms with Crippen LogP contribution >= 0.6 is 0 Å². The van der Waals surface area contributed by atoms with Crippen LogP contribution in [-0.4, -0.2) is 64.3 Å². The molecule has 9 heteroatoms. The van der Waals surface area contributed by atoms with Gasteiger partial charge in [-0.2, -0.15) is 0 Å². The molecule has 8 nitrogen and oxygen atoms in total. The van der Waals surface area contributed by atoms with Crippen LogP contribution in [0.2, 0.25) is 0 Å². The fourth-order valence-corrected chi connectivity index (χ4v) is 5.15. The van der Waals surface area contributed by atoms with Gasteiger partial charge < -0.3 is 19.3 Å². The molecule has 1 saturated heterocycles. The molecule has 0 unspecified atom stereocenters. The van der Waals surface area contributed by atoms with Gasteiger partial charge in [-0.25, -0.2) is 19.2 Å². The van der Waals surface area contributed by atoms with E-state index in [0.29, 0.717) is 31.6 Å². The van der Waals surface area contributed by atoms with Crippen LogP contribution in [0, 0.1) is 5.82 Å². The number of rotatable bonds is 8. The molecule has 0 spiro atoms. The van der Waals surface area contributed by atoms with Gasteiger partial charge in [-0.05, 0) is 77.2 Å². The lowest BCUT2D eigenvalue weighted by Gasteiger charge is -2.41. The van der Waals surface area contributed by atoms with Crippen LogP contribution in [0.3, 0.4) is 0 Å². The number of aryl methyl sites for hydroxylation is 2. The molecule has 41 heavy (non-hydrogen) atoms. The molecule has 4 rings (SSSR count). The average molecular weight is 562 g/mol. The number of pyridine rings is 1. The number of carbonyl (C=O) groups excluding carboxylic acids is 1. The van der Waals surface area contributed by atoms with Gasteiger partial charge >= 0.3 is 6.09 Å². The standard InChI is InChI=1S/C32H40FN5O3/c1-7-25(26-12-8-9-13-27(26)33)29-28(14-10-11-23-17-24(40-6)19-34-18-23)35-21-36-30(29)38-16-15-37(20-22(38)2)31(39)41-32(3,4)5/h7-9,12-13,17-19,21-22H,10-11,14-16,20H2,1-6H3/b25-7-/t22-/m0/s1. The summed E-state index contributed by atoms with van der Waals surface area (Å²) in [5.41, 5.74) is 3.44. The molecule has 1 aliphatic heterocycles. The van der Waals surface area contributed by atoms with Crippen molar-refractivity contribution in [2.24, 2.45) is 0 Å². The van der Waals surface area contributed by atoms with Gasteiger partial charge in [-0.1, -0.05) is 24.3 Å². The van der Waals surface area contributed by atoms with E-state index in [1.54, 1.807) is 36.7 Å². The van der Waals surface area contributed by atoms with Gasteiger partial charge in [0.1, 0.15) is 29.3 Å². The Hall–Kier alpha value is -4.01. The monoisotopic (exact) mass is 561 g/mol. The summed E-state index contributed by atoms with van der Waals surface area (Å²) in [5, 5.41) is 0. The fraction of sp³-hybridized carbons (Fsp3) is 0.438. The molecule has 3 heterocycles. The molecule has 0 radical (unpaired) electrons. The molecule has 2 aromatic heterocycles. The summed E-state index contributed by atoms with van der Waals surface area (Å²) in [6, 6.07) is 8.73. The van der Waals surface area contributed by atoms with E-state index in [9.17, 15) is 4.79 Å². The van der Waals surface area contributed by atoms with E-state index in [1.807, 2.05) is 52.1 Å². The molecule has 3 aromatic rings. The average Bonchev–Trinajstić information content (AvgIpc) is 2.94. The highest BCUT2D eigenvalue weighted by atomic mass is 19.1. The number of hydrogen-bond donors (Lipinski definition) is 0. The van der Waals surface area contributed by atoms with E-state index in [1.165, 1.54) is 6.07 Å². The van der Waals surface area contributed by atoms with E-state index >= 15 is 4.39 Å². The third-order valence-electron chi connectivity index (χ3n) is 7.06. The number of ether oxygens (including phenoxy) is 2. The highest BCUT2D eigenvalue weighted by Crippen LogP contribution is 2.36. The first-order valence-electron chi connectivity index (χ1n) is 14.1. The Morgan fingerprint density at radius 2 is 1.93 bits per heavy atom. The fourth-order valence-electron chi connectivity index (χ4n) is 5.15. The van der Waals surface area contributed by atoms with E-state index in [4.69, 9.17) is 19.4 Å². The zero-order chi connectivity index (χ0) is 29.6. The van der Waals surface area contributed by atoms with E-state index in [2.05, 4.69) is 16.8 Å². The van der Waals surface area contributed by atoms with Crippen LogP contribution in [-0.2, 0) is 17.6 Å². The quantitative estimate of drug-likeness (QED) is 0.329. The zero-order valence-corrected chi connectivity index (χ0v) is 24.9. The van der Waals surface area contributed by atoms with Crippen LogP contribution < -0.4 is 9.64 Å². The van der Waals surface area contributed by atoms with E-state index < -0.39 is 5.60 Å². The maximum absolute atomic E-state index is 15.1. The van der Waals surface area contributed by atoms with Gasteiger partial charge in [0.2, 0.25) is 0 Å². The maximum atomic E-state index is 15.1. The normalized spacial score (nSPS) is 16.1. The molecule has 0 N–H and O–H groups in total. The first-order valence-corrected chi connectivity index (χ1v) is 14.1. The zero-order valence-electron chi connectivity index (χ0n) is 24.9. The lowest BCUT2D eigenvalue weighted by atomic mass is 9.93. The van der Waals surface area contributed by atoms with Crippen molar-refractivity contribution in [3.63, 3.8) is 0 Å². The van der Waals surface area contributed by atoms with Gasteiger partial charge in [0.25, 0.3) is 0 Å². The molecule has 0 bridgehead atoms. The van der Waals surface area contributed by atoms with Crippen molar-refractivity contribution in [2.75, 3.05) is 31.6 Å². The summed E-state index contributed by atoms with van der Waals surface area (Å²) >= 11 is 0. The predicted molar refractivity (Wildman–Crippen MR) is 159 cm³/mol. The third kappa shape index (κ3) is 7.39. The number of anilines is 1. The van der Waals surface area contributed by atoms with Crippen molar-refractivity contribution in [2.45, 2.75) is 65.5 Å². The highest BCUT2D eigenvalue weighted by Gasteiger charge is 2.33. The highest BCUT2D eigenvalue weighted by molar-refractivity contribution is 5.86. The first kappa shape index (κ1) is 30.0. The molecule has 0 saturated carbocycles. The van der Waals surface area contributed by atoms with Crippen molar-refractivity contribution in [3.8, 4) is 5.75 Å². The number of allylic oxidation sites excluding steroid dienone is 1. The summed E-state index contributed by atoms with van der Waals surface area (Å²) in [6.45, 7) is 11.1. The number of hydrogen-bond acceptors (Lipinski definition) is 7. The molecule has 1 amide bonds. The van der Waals surface area contributed by atoms with Gasteiger partial charge in [0.15, 0.2) is 0 Å².